The summed E-state index contributed by atoms with van der Waals surface area (Å²) in [6.45, 7) is 1.90. The number of nitrogens with zero attached hydrogens (tertiary/aromatic N) is 1. The van der Waals surface area contributed by atoms with Crippen molar-refractivity contribution in [2.75, 3.05) is 12.0 Å². The fraction of sp³-hybridized carbons (Fsp3) is 0.111. The van der Waals surface area contributed by atoms with Crippen LogP contribution in [0, 0.1) is 6.92 Å². The van der Waals surface area contributed by atoms with Gasteiger partial charge < -0.3 is 4.74 Å². The highest BCUT2D eigenvalue weighted by Crippen LogP contribution is 2.35. The van der Waals surface area contributed by atoms with Gasteiger partial charge in [0, 0.05) is 0 Å². The fourth-order valence-electron chi connectivity index (χ4n) is 2.51. The maximum atomic E-state index is 12.7. The Bertz CT molecular complexity index is 824. The Balaban J connectivity index is 2.02. The van der Waals surface area contributed by atoms with E-state index >= 15 is 0 Å². The summed E-state index contributed by atoms with van der Waals surface area (Å²) in [5.74, 6) is -0.262. The summed E-state index contributed by atoms with van der Waals surface area (Å²) in [7, 11) is 1.56. The number of carbonyl (C=O) groups is 2. The highest BCUT2D eigenvalue weighted by Gasteiger charge is 2.39. The van der Waals surface area contributed by atoms with Gasteiger partial charge in [0.15, 0.2) is 0 Å². The highest BCUT2D eigenvalue weighted by molar-refractivity contribution is 6.60. The second-order valence-electron chi connectivity index (χ2n) is 5.20. The molecule has 1 aliphatic heterocycles. The molecule has 0 N–H and O–H groups in total. The van der Waals surface area contributed by atoms with Crippen LogP contribution in [0.4, 0.5) is 5.69 Å². The molecule has 3 rings (SSSR count). The van der Waals surface area contributed by atoms with Gasteiger partial charge >= 0.3 is 0 Å². The molecule has 0 aliphatic carbocycles. The molecule has 5 heteroatoms. The van der Waals surface area contributed by atoms with Crippen LogP contribution in [-0.2, 0) is 9.59 Å². The molecule has 0 saturated heterocycles. The first-order valence-electron chi connectivity index (χ1n) is 7.02. The number of halogens is 1. The second-order valence-corrected chi connectivity index (χ2v) is 5.58. The summed E-state index contributed by atoms with van der Waals surface area (Å²) in [5.41, 5.74) is 2.27. The van der Waals surface area contributed by atoms with Crippen molar-refractivity contribution in [1.82, 2.24) is 0 Å². The predicted molar refractivity (Wildman–Crippen MR) is 89.4 cm³/mol. The minimum atomic E-state index is -0.506. The Hall–Kier alpha value is -2.59. The molecular weight excluding hydrogens is 314 g/mol. The quantitative estimate of drug-likeness (QED) is 0.810. The molecule has 2 amide bonds. The Morgan fingerprint density at radius 2 is 1.70 bits per heavy atom. The number of hydrogen-bond donors (Lipinski definition) is 0. The molecule has 0 unspecified atom stereocenters. The number of aryl methyl sites for hydroxylation is 1. The Labute approximate surface area is 138 Å². The van der Waals surface area contributed by atoms with Crippen LogP contribution < -0.4 is 9.64 Å². The number of anilines is 1. The lowest BCUT2D eigenvalue weighted by molar-refractivity contribution is -0.119. The van der Waals surface area contributed by atoms with E-state index in [-0.39, 0.29) is 10.6 Å². The van der Waals surface area contributed by atoms with Gasteiger partial charge in [-0.05, 0) is 42.3 Å². The first-order chi connectivity index (χ1) is 11.0. The summed E-state index contributed by atoms with van der Waals surface area (Å²) in [6, 6.07) is 14.0. The van der Waals surface area contributed by atoms with E-state index in [0.29, 0.717) is 17.0 Å². The van der Waals surface area contributed by atoms with Crippen molar-refractivity contribution in [2.45, 2.75) is 6.92 Å². The average molecular weight is 328 g/mol. The zero-order valence-electron chi connectivity index (χ0n) is 12.7. The van der Waals surface area contributed by atoms with Crippen molar-refractivity contribution in [3.05, 3.63) is 64.7 Å². The molecule has 0 fully saturated rings. The lowest BCUT2D eigenvalue weighted by Gasteiger charge is -2.15. The van der Waals surface area contributed by atoms with E-state index in [2.05, 4.69) is 0 Å². The van der Waals surface area contributed by atoms with Crippen molar-refractivity contribution in [2.24, 2.45) is 0 Å². The van der Waals surface area contributed by atoms with Crippen LogP contribution in [0.5, 0.6) is 5.75 Å². The average Bonchev–Trinajstić information content (AvgIpc) is 2.77. The minimum Gasteiger partial charge on any atom is -0.497 e. The van der Waals surface area contributed by atoms with E-state index in [1.807, 2.05) is 13.0 Å². The van der Waals surface area contributed by atoms with Gasteiger partial charge in [-0.2, -0.15) is 0 Å². The molecule has 0 radical (unpaired) electrons. The van der Waals surface area contributed by atoms with Crippen molar-refractivity contribution >= 4 is 34.7 Å². The molecule has 0 bridgehead atoms. The number of rotatable bonds is 3. The van der Waals surface area contributed by atoms with Crippen LogP contribution in [0.3, 0.4) is 0 Å². The number of ether oxygens (including phenoxy) is 1. The number of imide groups is 1. The van der Waals surface area contributed by atoms with Crippen molar-refractivity contribution in [1.29, 1.82) is 0 Å². The van der Waals surface area contributed by atoms with Gasteiger partial charge in [-0.25, -0.2) is 4.90 Å². The van der Waals surface area contributed by atoms with E-state index < -0.39 is 11.8 Å². The molecule has 0 atom stereocenters. The molecule has 2 aromatic carbocycles. The second kappa shape index (κ2) is 5.89. The molecule has 116 valence electrons. The Morgan fingerprint density at radius 3 is 2.30 bits per heavy atom. The van der Waals surface area contributed by atoms with Gasteiger partial charge in [0.1, 0.15) is 10.8 Å². The number of hydrogen-bond acceptors (Lipinski definition) is 3. The van der Waals surface area contributed by atoms with Gasteiger partial charge in [0.05, 0.1) is 18.4 Å². The van der Waals surface area contributed by atoms with Crippen LogP contribution in [0.2, 0.25) is 0 Å². The molecule has 0 aromatic heterocycles. The summed E-state index contributed by atoms with van der Waals surface area (Å²) in [4.78, 5) is 26.3. The molecule has 23 heavy (non-hydrogen) atoms. The number of carbonyl (C=O) groups excluding carboxylic acids is 2. The van der Waals surface area contributed by atoms with Crippen molar-refractivity contribution in [3.8, 4) is 5.75 Å². The third-order valence-electron chi connectivity index (χ3n) is 3.67. The molecule has 2 aromatic rings. The minimum absolute atomic E-state index is 0.0679. The van der Waals surface area contributed by atoms with Gasteiger partial charge in [-0.3, -0.25) is 9.59 Å². The standard InChI is InChI=1S/C18H14ClNO3/c1-11-4-3-5-13(10-11)20-17(21)15(16(19)18(20)22)12-6-8-14(23-2)9-7-12/h3-10H,1-2H3. The predicted octanol–water partition coefficient (Wildman–Crippen LogP) is 3.53. The molecule has 1 aliphatic rings. The Morgan fingerprint density at radius 1 is 1.00 bits per heavy atom. The summed E-state index contributed by atoms with van der Waals surface area (Å²) in [5, 5.41) is -0.0679. The maximum absolute atomic E-state index is 12.7. The third kappa shape index (κ3) is 2.62. The zero-order chi connectivity index (χ0) is 16.6. The van der Waals surface area contributed by atoms with Crippen molar-refractivity contribution < 1.29 is 14.3 Å². The Kier molecular flexibility index (Phi) is 3.92. The summed E-state index contributed by atoms with van der Waals surface area (Å²) >= 11 is 6.15. The zero-order valence-corrected chi connectivity index (χ0v) is 13.4. The van der Waals surface area contributed by atoms with Crippen molar-refractivity contribution in [3.63, 3.8) is 0 Å². The lowest BCUT2D eigenvalue weighted by Crippen LogP contribution is -2.31. The van der Waals surface area contributed by atoms with E-state index in [9.17, 15) is 9.59 Å². The van der Waals surface area contributed by atoms with Gasteiger partial charge in [-0.15, -0.1) is 0 Å². The van der Waals surface area contributed by atoms with Crippen LogP contribution in [0.1, 0.15) is 11.1 Å². The van der Waals surface area contributed by atoms with E-state index in [0.717, 1.165) is 10.5 Å². The van der Waals surface area contributed by atoms with Crippen LogP contribution in [-0.4, -0.2) is 18.9 Å². The van der Waals surface area contributed by atoms with Crippen LogP contribution in [0.25, 0.3) is 5.57 Å². The largest absolute Gasteiger partial charge is 0.497 e. The summed E-state index contributed by atoms with van der Waals surface area (Å²) in [6.07, 6.45) is 0. The molecule has 4 nitrogen and oxygen atoms in total. The topological polar surface area (TPSA) is 46.6 Å². The SMILES string of the molecule is COc1ccc(C2=C(Cl)C(=O)N(c3cccc(C)c3)C2=O)cc1. The molecule has 0 saturated carbocycles. The number of benzene rings is 2. The van der Waals surface area contributed by atoms with E-state index in [1.54, 1.807) is 49.6 Å². The third-order valence-corrected chi connectivity index (χ3v) is 4.02. The monoisotopic (exact) mass is 327 g/mol. The number of methoxy groups -OCH3 is 1. The lowest BCUT2D eigenvalue weighted by atomic mass is 10.1. The smallest absolute Gasteiger partial charge is 0.277 e. The van der Waals surface area contributed by atoms with Gasteiger partial charge in [-0.1, -0.05) is 35.9 Å². The first-order valence-corrected chi connectivity index (χ1v) is 7.40. The fourth-order valence-corrected chi connectivity index (χ4v) is 2.79. The number of amides is 2. The summed E-state index contributed by atoms with van der Waals surface area (Å²) < 4.78 is 5.10. The van der Waals surface area contributed by atoms with Gasteiger partial charge in [0.2, 0.25) is 0 Å². The maximum Gasteiger partial charge on any atom is 0.277 e. The van der Waals surface area contributed by atoms with Crippen LogP contribution >= 0.6 is 11.6 Å². The van der Waals surface area contributed by atoms with Crippen LogP contribution in [0.15, 0.2) is 53.6 Å². The molecular formula is C18H14ClNO3. The highest BCUT2D eigenvalue weighted by atomic mass is 35.5. The van der Waals surface area contributed by atoms with E-state index in [1.165, 1.54) is 0 Å². The molecule has 1 heterocycles. The first kappa shape index (κ1) is 15.3. The van der Waals surface area contributed by atoms with E-state index in [4.69, 9.17) is 16.3 Å². The molecule has 0 spiro atoms. The normalized spacial score (nSPS) is 14.7. The van der Waals surface area contributed by atoms with Gasteiger partial charge in [0.25, 0.3) is 11.8 Å².